The van der Waals surface area contributed by atoms with E-state index in [1.54, 1.807) is 6.92 Å². The van der Waals surface area contributed by atoms with Gasteiger partial charge in [0, 0.05) is 6.61 Å². The summed E-state index contributed by atoms with van der Waals surface area (Å²) in [6, 6.07) is 0. The lowest BCUT2D eigenvalue weighted by Gasteiger charge is -2.07. The third-order valence-electron chi connectivity index (χ3n) is 5.78. The van der Waals surface area contributed by atoms with Crippen molar-refractivity contribution in [2.24, 2.45) is 0 Å². The van der Waals surface area contributed by atoms with Gasteiger partial charge < -0.3 is 5.11 Å². The van der Waals surface area contributed by atoms with Crippen molar-refractivity contribution in [2.45, 2.75) is 141 Å². The Labute approximate surface area is 175 Å². The van der Waals surface area contributed by atoms with Crippen LogP contribution in [0.2, 0.25) is 0 Å². The maximum atomic E-state index is 10.9. The van der Waals surface area contributed by atoms with E-state index in [-0.39, 0.29) is 0 Å². The fraction of sp³-hybridized carbons (Fsp3) is 1.00. The topological polar surface area (TPSA) is 74.6 Å². The molecule has 0 fully saturated rings. The minimum Gasteiger partial charge on any atom is -0.396 e. The van der Waals surface area contributed by atoms with Crippen molar-refractivity contribution in [1.82, 2.24) is 0 Å². The van der Waals surface area contributed by atoms with Crippen LogP contribution < -0.4 is 0 Å². The zero-order chi connectivity index (χ0) is 20.9. The molecule has 0 radical (unpaired) electrons. The Bertz CT molecular complexity index is 409. The van der Waals surface area contributed by atoms with Crippen LogP contribution in [0.25, 0.3) is 0 Å². The van der Waals surface area contributed by atoms with Crippen LogP contribution in [0, 0.1) is 0 Å². The van der Waals surface area contributed by atoms with Crippen LogP contribution in [0.5, 0.6) is 0 Å². The third-order valence-corrected chi connectivity index (χ3v) is 7.03. The molecule has 0 bridgehead atoms. The van der Waals surface area contributed by atoms with Gasteiger partial charge in [-0.1, -0.05) is 116 Å². The summed E-state index contributed by atoms with van der Waals surface area (Å²) in [6.07, 6.45) is 24.8. The Morgan fingerprint density at radius 3 is 1.04 bits per heavy atom. The second kappa shape index (κ2) is 20.2. The van der Waals surface area contributed by atoms with Crippen molar-refractivity contribution in [2.75, 3.05) is 6.61 Å². The Morgan fingerprint density at radius 1 is 0.536 bits per heavy atom. The summed E-state index contributed by atoms with van der Waals surface area (Å²) < 4.78 is 30.7. The van der Waals surface area contributed by atoms with Gasteiger partial charge in [0.05, 0.1) is 5.25 Å². The van der Waals surface area contributed by atoms with Crippen molar-refractivity contribution < 1.29 is 18.1 Å². The zero-order valence-corrected chi connectivity index (χ0v) is 19.4. The van der Waals surface area contributed by atoms with E-state index in [2.05, 4.69) is 0 Å². The minimum absolute atomic E-state index is 0.349. The minimum atomic E-state index is -3.83. The summed E-state index contributed by atoms with van der Waals surface area (Å²) in [5.41, 5.74) is 0. The summed E-state index contributed by atoms with van der Waals surface area (Å²) in [6.45, 7) is 1.93. The highest BCUT2D eigenvalue weighted by Crippen LogP contribution is 2.15. The molecule has 0 rings (SSSR count). The van der Waals surface area contributed by atoms with E-state index < -0.39 is 15.4 Å². The van der Waals surface area contributed by atoms with Gasteiger partial charge in [0.1, 0.15) is 0 Å². The smallest absolute Gasteiger partial charge is 0.267 e. The lowest BCUT2D eigenvalue weighted by Crippen LogP contribution is -2.16. The first-order chi connectivity index (χ1) is 13.5. The molecule has 28 heavy (non-hydrogen) atoms. The molecule has 0 heterocycles. The monoisotopic (exact) mass is 420 g/mol. The average Bonchev–Trinajstić information content (AvgIpc) is 2.65. The molecule has 0 spiro atoms. The van der Waals surface area contributed by atoms with Gasteiger partial charge in [-0.2, -0.15) is 8.42 Å². The Balaban J connectivity index is 3.11. The Hall–Kier alpha value is -0.130. The second-order valence-electron chi connectivity index (χ2n) is 8.56. The zero-order valence-electron chi connectivity index (χ0n) is 18.5. The molecular weight excluding hydrogens is 372 g/mol. The molecule has 0 aliphatic heterocycles. The number of aliphatic hydroxyl groups is 1. The molecule has 0 aliphatic rings. The second-order valence-corrected chi connectivity index (χ2v) is 10.4. The molecule has 0 amide bonds. The van der Waals surface area contributed by atoms with E-state index in [0.29, 0.717) is 13.0 Å². The van der Waals surface area contributed by atoms with E-state index in [4.69, 9.17) is 9.66 Å². The van der Waals surface area contributed by atoms with Gasteiger partial charge in [0.2, 0.25) is 0 Å². The first kappa shape index (κ1) is 27.9. The number of rotatable bonds is 22. The highest BCUT2D eigenvalue weighted by atomic mass is 32.2. The molecule has 4 nitrogen and oxygen atoms in total. The molecule has 1 unspecified atom stereocenters. The Kier molecular flexibility index (Phi) is 20.1. The number of hydrogen-bond acceptors (Lipinski definition) is 3. The van der Waals surface area contributed by atoms with E-state index in [1.165, 1.54) is 103 Å². The normalized spacial score (nSPS) is 13.1. The van der Waals surface area contributed by atoms with Crippen molar-refractivity contribution in [3.8, 4) is 0 Å². The number of aliphatic hydroxyl groups excluding tert-OH is 1. The summed E-state index contributed by atoms with van der Waals surface area (Å²) in [5.74, 6) is 0. The van der Waals surface area contributed by atoms with E-state index in [1.807, 2.05) is 0 Å². The van der Waals surface area contributed by atoms with Gasteiger partial charge >= 0.3 is 0 Å². The molecule has 0 saturated carbocycles. The highest BCUT2D eigenvalue weighted by Gasteiger charge is 2.15. The predicted molar refractivity (Wildman–Crippen MR) is 120 cm³/mol. The summed E-state index contributed by atoms with van der Waals surface area (Å²) >= 11 is 0. The van der Waals surface area contributed by atoms with Gasteiger partial charge in [0.15, 0.2) is 0 Å². The molecule has 0 saturated heterocycles. The van der Waals surface area contributed by atoms with Crippen LogP contribution in [0.1, 0.15) is 135 Å². The predicted octanol–water partition coefficient (Wildman–Crippen LogP) is 7.06. The molecule has 0 aromatic carbocycles. The quantitative estimate of drug-likeness (QED) is 0.145. The summed E-state index contributed by atoms with van der Waals surface area (Å²) in [7, 11) is -3.83. The maximum absolute atomic E-state index is 10.9. The number of unbranched alkanes of at least 4 members (excludes halogenated alkanes) is 18. The third kappa shape index (κ3) is 20.6. The molecule has 1 atom stereocenters. The van der Waals surface area contributed by atoms with Gasteiger partial charge in [-0.05, 0) is 19.8 Å². The molecule has 0 aliphatic carbocycles. The van der Waals surface area contributed by atoms with Crippen LogP contribution in [-0.4, -0.2) is 29.9 Å². The van der Waals surface area contributed by atoms with Crippen LogP contribution in [0.3, 0.4) is 0 Å². The molecule has 0 aromatic heterocycles. The fourth-order valence-corrected chi connectivity index (χ4v) is 4.16. The molecule has 0 aromatic rings. The van der Waals surface area contributed by atoms with Gasteiger partial charge in [-0.15, -0.1) is 0 Å². The lowest BCUT2D eigenvalue weighted by atomic mass is 10.0. The first-order valence-electron chi connectivity index (χ1n) is 12.1. The average molecular weight is 421 g/mol. The standard InChI is InChI=1S/C23H48O4S/c1-23(28(25,26)27)21-19-17-15-13-11-9-7-5-3-2-4-6-8-10-12-14-16-18-20-22-24/h23-24H,2-22H2,1H3,(H,25,26,27). The van der Waals surface area contributed by atoms with Crippen LogP contribution in [0.15, 0.2) is 0 Å². The molecule has 170 valence electrons. The van der Waals surface area contributed by atoms with Crippen molar-refractivity contribution in [1.29, 1.82) is 0 Å². The van der Waals surface area contributed by atoms with E-state index in [0.717, 1.165) is 19.3 Å². The van der Waals surface area contributed by atoms with Crippen molar-refractivity contribution >= 4 is 10.1 Å². The molecule has 2 N–H and O–H groups in total. The van der Waals surface area contributed by atoms with Crippen LogP contribution >= 0.6 is 0 Å². The molecule has 5 heteroatoms. The summed E-state index contributed by atoms with van der Waals surface area (Å²) in [4.78, 5) is 0. The number of hydrogen-bond donors (Lipinski definition) is 2. The summed E-state index contributed by atoms with van der Waals surface area (Å²) in [5, 5.41) is 8.11. The van der Waals surface area contributed by atoms with Crippen molar-refractivity contribution in [3.63, 3.8) is 0 Å². The fourth-order valence-electron chi connectivity index (χ4n) is 3.70. The van der Waals surface area contributed by atoms with Gasteiger partial charge in [-0.25, -0.2) is 0 Å². The lowest BCUT2D eigenvalue weighted by molar-refractivity contribution is 0.282. The first-order valence-corrected chi connectivity index (χ1v) is 13.6. The highest BCUT2D eigenvalue weighted by molar-refractivity contribution is 7.86. The van der Waals surface area contributed by atoms with Crippen molar-refractivity contribution in [3.05, 3.63) is 0 Å². The van der Waals surface area contributed by atoms with Crippen LogP contribution in [0.4, 0.5) is 0 Å². The molecular formula is C23H48O4S. The SMILES string of the molecule is CC(CCCCCCCCCCCCCCCCCCCCCO)S(=O)(=O)O. The van der Waals surface area contributed by atoms with Gasteiger partial charge in [0.25, 0.3) is 10.1 Å². The maximum Gasteiger partial charge on any atom is 0.267 e. The van der Waals surface area contributed by atoms with Crippen LogP contribution in [-0.2, 0) is 10.1 Å². The van der Waals surface area contributed by atoms with E-state index in [9.17, 15) is 8.42 Å². The van der Waals surface area contributed by atoms with E-state index >= 15 is 0 Å². The largest absolute Gasteiger partial charge is 0.396 e. The van der Waals surface area contributed by atoms with Gasteiger partial charge in [-0.3, -0.25) is 4.55 Å². The Morgan fingerprint density at radius 2 is 0.786 bits per heavy atom.